The highest BCUT2D eigenvalue weighted by molar-refractivity contribution is 8.01. The Bertz CT molecular complexity index is 920. The Morgan fingerprint density at radius 3 is 2.88 bits per heavy atom. The lowest BCUT2D eigenvalue weighted by molar-refractivity contribution is -0.112. The van der Waals surface area contributed by atoms with Crippen molar-refractivity contribution < 1.29 is 4.79 Å². The average molecular weight is 397 g/mol. The molecule has 0 saturated heterocycles. The highest BCUT2D eigenvalue weighted by atomic mass is 35.5. The fraction of sp³-hybridized carbons (Fsp3) is 0.200. The molecule has 0 unspecified atom stereocenters. The van der Waals surface area contributed by atoms with Crippen LogP contribution in [0.5, 0.6) is 0 Å². The van der Waals surface area contributed by atoms with E-state index in [2.05, 4.69) is 5.10 Å². The van der Waals surface area contributed by atoms with E-state index in [-0.39, 0.29) is 22.8 Å². The van der Waals surface area contributed by atoms with Gasteiger partial charge in [0.2, 0.25) is 0 Å². The van der Waals surface area contributed by atoms with Crippen molar-refractivity contribution in [2.24, 2.45) is 5.73 Å². The molecule has 1 heterocycles. The summed E-state index contributed by atoms with van der Waals surface area (Å²) in [5.41, 5.74) is 7.46. The van der Waals surface area contributed by atoms with Crippen LogP contribution < -0.4 is 5.73 Å². The number of nitriles is 1. The first-order valence-corrected chi connectivity index (χ1v) is 9.31. The Balaban J connectivity index is 2.19. The molecule has 0 aliphatic heterocycles. The summed E-state index contributed by atoms with van der Waals surface area (Å²) in [4.78, 5) is 12.0. The van der Waals surface area contributed by atoms with Gasteiger partial charge in [0.15, 0.2) is 14.1 Å². The molecule has 1 aromatic heterocycles. The van der Waals surface area contributed by atoms with Crippen molar-refractivity contribution in [3.63, 3.8) is 0 Å². The van der Waals surface area contributed by atoms with Gasteiger partial charge < -0.3 is 5.73 Å². The summed E-state index contributed by atoms with van der Waals surface area (Å²) < 4.78 is 2.79. The van der Waals surface area contributed by atoms with Gasteiger partial charge in [0.1, 0.15) is 11.6 Å². The van der Waals surface area contributed by atoms with Crippen LogP contribution >= 0.6 is 46.9 Å². The summed E-state index contributed by atoms with van der Waals surface area (Å²) in [6, 6.07) is 7.39. The van der Waals surface area contributed by atoms with Gasteiger partial charge in [0.25, 0.3) is 0 Å². The Kier molecular flexibility index (Phi) is 6.18. The molecular formula is C15H13ClN4OS3. The second kappa shape index (κ2) is 7.94. The number of benzene rings is 1. The van der Waals surface area contributed by atoms with E-state index in [1.807, 2.05) is 25.1 Å². The zero-order valence-corrected chi connectivity index (χ0v) is 16.1. The van der Waals surface area contributed by atoms with Crippen LogP contribution in [-0.2, 0) is 4.79 Å². The SMILES string of the molecule is C/C(N)=C(\C#N)C(=O)CSc1nn(-c2ccc(C)c(Cl)c2)c(=S)s1. The number of Topliss-reactive ketones (excluding diaryl/α,β-unsaturated/α-hetero) is 1. The van der Waals surface area contributed by atoms with E-state index in [0.717, 1.165) is 11.3 Å². The van der Waals surface area contributed by atoms with Gasteiger partial charge in [-0.3, -0.25) is 4.79 Å². The number of aromatic nitrogens is 2. The van der Waals surface area contributed by atoms with Gasteiger partial charge in [-0.05, 0) is 43.8 Å². The first-order valence-electron chi connectivity index (χ1n) is 6.72. The molecule has 0 aliphatic rings. The molecule has 2 N–H and O–H groups in total. The van der Waals surface area contributed by atoms with Gasteiger partial charge in [-0.2, -0.15) is 5.26 Å². The summed E-state index contributed by atoms with van der Waals surface area (Å²) in [7, 11) is 0. The minimum Gasteiger partial charge on any atom is -0.401 e. The van der Waals surface area contributed by atoms with Crippen molar-refractivity contribution >= 4 is 52.7 Å². The van der Waals surface area contributed by atoms with Crippen LogP contribution in [0.25, 0.3) is 5.69 Å². The number of nitrogens with two attached hydrogens (primary N) is 1. The van der Waals surface area contributed by atoms with Crippen LogP contribution in [0.15, 0.2) is 33.8 Å². The molecule has 5 nitrogen and oxygen atoms in total. The quantitative estimate of drug-likeness (QED) is 0.355. The summed E-state index contributed by atoms with van der Waals surface area (Å²) in [6.45, 7) is 3.44. The molecule has 2 aromatic rings. The Morgan fingerprint density at radius 2 is 2.29 bits per heavy atom. The molecule has 0 spiro atoms. The fourth-order valence-corrected chi connectivity index (χ4v) is 4.17. The van der Waals surface area contributed by atoms with Gasteiger partial charge in [0, 0.05) is 10.7 Å². The second-order valence-corrected chi connectivity index (χ2v) is 8.11. The average Bonchev–Trinajstić information content (AvgIpc) is 2.89. The van der Waals surface area contributed by atoms with Crippen molar-refractivity contribution in [1.82, 2.24) is 9.78 Å². The summed E-state index contributed by atoms with van der Waals surface area (Å²) in [5.74, 6) is -0.248. The third-order valence-electron chi connectivity index (χ3n) is 3.04. The Hall–Kier alpha value is -1.66. The van der Waals surface area contributed by atoms with Crippen LogP contribution in [0.2, 0.25) is 5.02 Å². The minimum absolute atomic E-state index is 0.0177. The predicted molar refractivity (Wildman–Crippen MR) is 100 cm³/mol. The molecule has 0 aliphatic carbocycles. The van der Waals surface area contributed by atoms with E-state index in [4.69, 9.17) is 34.8 Å². The Labute approximate surface area is 157 Å². The zero-order valence-electron chi connectivity index (χ0n) is 12.9. The van der Waals surface area contributed by atoms with Crippen LogP contribution in [0.4, 0.5) is 0 Å². The first-order chi connectivity index (χ1) is 11.3. The number of halogens is 1. The number of thioether (sulfide) groups is 1. The van der Waals surface area contributed by atoms with E-state index >= 15 is 0 Å². The van der Waals surface area contributed by atoms with Crippen LogP contribution in [0, 0.1) is 22.2 Å². The van der Waals surface area contributed by atoms with Crippen LogP contribution in [-0.4, -0.2) is 21.3 Å². The molecule has 0 radical (unpaired) electrons. The standard InChI is InChI=1S/C15H13ClN4OS3/c1-8-3-4-10(5-12(8)16)20-15(22)24-14(19-20)23-7-13(21)11(6-17)9(2)18/h3-5H,7,18H2,1-2H3/b11-9-. The van der Waals surface area contributed by atoms with Gasteiger partial charge in [-0.1, -0.05) is 40.8 Å². The molecule has 0 fully saturated rings. The number of rotatable bonds is 5. The molecule has 124 valence electrons. The maximum atomic E-state index is 12.0. The molecule has 2 rings (SSSR count). The van der Waals surface area contributed by atoms with Crippen molar-refractivity contribution in [2.45, 2.75) is 18.2 Å². The van der Waals surface area contributed by atoms with Crippen molar-refractivity contribution in [3.05, 3.63) is 44.0 Å². The number of nitrogens with zero attached hydrogens (tertiary/aromatic N) is 3. The molecule has 0 saturated carbocycles. The van der Waals surface area contributed by atoms with Crippen LogP contribution in [0.1, 0.15) is 12.5 Å². The van der Waals surface area contributed by atoms with Crippen molar-refractivity contribution in [2.75, 3.05) is 5.75 Å². The summed E-state index contributed by atoms with van der Waals surface area (Å²) in [6.07, 6.45) is 0. The Morgan fingerprint density at radius 1 is 1.58 bits per heavy atom. The molecule has 0 bridgehead atoms. The molecule has 9 heteroatoms. The van der Waals surface area contributed by atoms with Gasteiger partial charge in [-0.15, -0.1) is 5.10 Å². The van der Waals surface area contributed by atoms with E-state index in [0.29, 0.717) is 13.3 Å². The normalized spacial score (nSPS) is 11.8. The summed E-state index contributed by atoms with van der Waals surface area (Å²) in [5, 5.41) is 14.0. The highest BCUT2D eigenvalue weighted by Gasteiger charge is 2.14. The van der Waals surface area contributed by atoms with Crippen molar-refractivity contribution in [3.8, 4) is 11.8 Å². The number of hydrogen-bond acceptors (Lipinski definition) is 7. The molecule has 1 aromatic carbocycles. The van der Waals surface area contributed by atoms with Crippen LogP contribution in [0.3, 0.4) is 0 Å². The minimum atomic E-state index is -0.325. The lowest BCUT2D eigenvalue weighted by atomic mass is 10.2. The number of aryl methyl sites for hydroxylation is 1. The lowest BCUT2D eigenvalue weighted by Gasteiger charge is -2.03. The largest absolute Gasteiger partial charge is 0.401 e. The smallest absolute Gasteiger partial charge is 0.185 e. The highest BCUT2D eigenvalue weighted by Crippen LogP contribution is 2.26. The monoisotopic (exact) mass is 396 g/mol. The number of ketones is 1. The molecule has 24 heavy (non-hydrogen) atoms. The maximum Gasteiger partial charge on any atom is 0.185 e. The van der Waals surface area contributed by atoms with Gasteiger partial charge in [-0.25, -0.2) is 4.68 Å². The molecule has 0 amide bonds. The second-order valence-electron chi connectivity index (χ2n) is 4.86. The van der Waals surface area contributed by atoms with E-state index in [9.17, 15) is 4.79 Å². The van der Waals surface area contributed by atoms with E-state index in [1.165, 1.54) is 30.0 Å². The first kappa shape index (κ1) is 18.7. The third-order valence-corrected chi connectivity index (χ3v) is 5.81. The van der Waals surface area contributed by atoms with Crippen molar-refractivity contribution in [1.29, 1.82) is 5.26 Å². The fourth-order valence-electron chi connectivity index (χ4n) is 1.77. The van der Waals surface area contributed by atoms with E-state index < -0.39 is 0 Å². The predicted octanol–water partition coefficient (Wildman–Crippen LogP) is 4.04. The summed E-state index contributed by atoms with van der Waals surface area (Å²) >= 11 is 14.0. The lowest BCUT2D eigenvalue weighted by Crippen LogP contribution is -2.10. The topological polar surface area (TPSA) is 84.7 Å². The maximum absolute atomic E-state index is 12.0. The van der Waals surface area contributed by atoms with Gasteiger partial charge >= 0.3 is 0 Å². The number of hydrogen-bond donors (Lipinski definition) is 1. The number of carbonyl (C=O) groups is 1. The third kappa shape index (κ3) is 4.24. The number of carbonyl (C=O) groups excluding carboxylic acids is 1. The number of allylic oxidation sites excluding steroid dienone is 2. The van der Waals surface area contributed by atoms with E-state index in [1.54, 1.807) is 10.7 Å². The molecular weight excluding hydrogens is 384 g/mol. The molecule has 0 atom stereocenters. The zero-order chi connectivity index (χ0) is 17.9. The van der Waals surface area contributed by atoms with Gasteiger partial charge in [0.05, 0.1) is 11.4 Å².